The zero-order chi connectivity index (χ0) is 10.6. The first-order valence-electron chi connectivity index (χ1n) is 4.31. The number of aliphatic hydroxyl groups excluding tert-OH is 1. The summed E-state index contributed by atoms with van der Waals surface area (Å²) in [6, 6.07) is 1.92. The summed E-state index contributed by atoms with van der Waals surface area (Å²) in [4.78, 5) is 8.48. The van der Waals surface area contributed by atoms with Gasteiger partial charge in [-0.1, -0.05) is 11.8 Å². The number of rotatable bonds is 4. The SMILES string of the molecule is Cc1cc(C)nc(SCC(O)CCl)n1. The first-order valence-corrected chi connectivity index (χ1v) is 5.83. The summed E-state index contributed by atoms with van der Waals surface area (Å²) in [5.41, 5.74) is 1.89. The van der Waals surface area contributed by atoms with E-state index < -0.39 is 6.10 Å². The van der Waals surface area contributed by atoms with Gasteiger partial charge in [-0.3, -0.25) is 0 Å². The second-order valence-electron chi connectivity index (χ2n) is 3.05. The molecule has 0 aliphatic rings. The van der Waals surface area contributed by atoms with Crippen molar-refractivity contribution in [3.8, 4) is 0 Å². The molecule has 0 spiro atoms. The van der Waals surface area contributed by atoms with Crippen LogP contribution in [-0.2, 0) is 0 Å². The summed E-state index contributed by atoms with van der Waals surface area (Å²) in [5.74, 6) is 0.782. The molecule has 0 amide bonds. The number of aliphatic hydroxyl groups is 1. The minimum absolute atomic E-state index is 0.248. The second-order valence-corrected chi connectivity index (χ2v) is 4.35. The van der Waals surface area contributed by atoms with E-state index in [0.29, 0.717) is 10.9 Å². The number of nitrogens with zero attached hydrogens (tertiary/aromatic N) is 2. The highest BCUT2D eigenvalue weighted by Gasteiger charge is 2.05. The van der Waals surface area contributed by atoms with Crippen LogP contribution in [0.15, 0.2) is 11.2 Å². The summed E-state index contributed by atoms with van der Waals surface area (Å²) in [6.45, 7) is 3.85. The molecule has 0 saturated heterocycles. The first-order chi connectivity index (χ1) is 6.61. The molecule has 3 nitrogen and oxygen atoms in total. The Morgan fingerprint density at radius 3 is 2.50 bits per heavy atom. The van der Waals surface area contributed by atoms with Gasteiger partial charge in [-0.05, 0) is 19.9 Å². The van der Waals surface area contributed by atoms with Crippen molar-refractivity contribution in [1.29, 1.82) is 0 Å². The van der Waals surface area contributed by atoms with E-state index in [1.54, 1.807) is 0 Å². The van der Waals surface area contributed by atoms with Gasteiger partial charge in [0.1, 0.15) is 0 Å². The van der Waals surface area contributed by atoms with E-state index in [0.717, 1.165) is 11.4 Å². The Bertz CT molecular complexity index is 289. The summed E-state index contributed by atoms with van der Waals surface area (Å²) in [7, 11) is 0. The van der Waals surface area contributed by atoms with Gasteiger partial charge in [0.2, 0.25) is 0 Å². The molecule has 1 unspecified atom stereocenters. The van der Waals surface area contributed by atoms with E-state index in [1.165, 1.54) is 11.8 Å². The predicted molar refractivity (Wildman–Crippen MR) is 59.0 cm³/mol. The number of hydrogen-bond acceptors (Lipinski definition) is 4. The Kier molecular flexibility index (Phi) is 4.65. The van der Waals surface area contributed by atoms with Gasteiger partial charge in [-0.15, -0.1) is 11.6 Å². The molecule has 0 fully saturated rings. The smallest absolute Gasteiger partial charge is 0.188 e. The van der Waals surface area contributed by atoms with E-state index in [1.807, 2.05) is 19.9 Å². The number of halogens is 1. The third-order valence-corrected chi connectivity index (χ3v) is 2.89. The Hall–Kier alpha value is -0.320. The van der Waals surface area contributed by atoms with Gasteiger partial charge in [0.05, 0.1) is 6.10 Å². The molecule has 0 aliphatic carbocycles. The minimum atomic E-state index is -0.494. The monoisotopic (exact) mass is 232 g/mol. The Labute approximate surface area is 92.9 Å². The van der Waals surface area contributed by atoms with Crippen LogP contribution in [0.4, 0.5) is 0 Å². The maximum Gasteiger partial charge on any atom is 0.188 e. The summed E-state index contributed by atoms with van der Waals surface area (Å²) in [6.07, 6.45) is -0.494. The van der Waals surface area contributed by atoms with Crippen LogP contribution >= 0.6 is 23.4 Å². The molecular weight excluding hydrogens is 220 g/mol. The molecule has 1 N–H and O–H groups in total. The zero-order valence-corrected chi connectivity index (χ0v) is 9.77. The molecule has 0 saturated carbocycles. The van der Waals surface area contributed by atoms with Crippen molar-refractivity contribution < 1.29 is 5.11 Å². The topological polar surface area (TPSA) is 46.0 Å². The van der Waals surface area contributed by atoms with Crippen LogP contribution in [0.3, 0.4) is 0 Å². The van der Waals surface area contributed by atoms with Gasteiger partial charge >= 0.3 is 0 Å². The van der Waals surface area contributed by atoms with Crippen molar-refractivity contribution in [3.05, 3.63) is 17.5 Å². The number of aromatic nitrogens is 2. The van der Waals surface area contributed by atoms with Gasteiger partial charge in [-0.2, -0.15) is 0 Å². The first kappa shape index (κ1) is 11.8. The lowest BCUT2D eigenvalue weighted by Crippen LogP contribution is -2.11. The van der Waals surface area contributed by atoms with E-state index in [-0.39, 0.29) is 5.88 Å². The van der Waals surface area contributed by atoms with Crippen molar-refractivity contribution in [2.45, 2.75) is 25.1 Å². The fraction of sp³-hybridized carbons (Fsp3) is 0.556. The van der Waals surface area contributed by atoms with E-state index in [9.17, 15) is 5.11 Å². The molecule has 1 heterocycles. The molecule has 5 heteroatoms. The van der Waals surface area contributed by atoms with Gasteiger partial charge in [-0.25, -0.2) is 9.97 Å². The maximum atomic E-state index is 9.25. The van der Waals surface area contributed by atoms with Crippen LogP contribution in [0, 0.1) is 13.8 Å². The summed E-state index contributed by atoms with van der Waals surface area (Å²) in [5, 5.41) is 9.95. The van der Waals surface area contributed by atoms with Crippen molar-refractivity contribution >= 4 is 23.4 Å². The Balaban J connectivity index is 2.58. The fourth-order valence-electron chi connectivity index (χ4n) is 0.973. The van der Waals surface area contributed by atoms with Crippen molar-refractivity contribution in [1.82, 2.24) is 9.97 Å². The predicted octanol–water partition coefficient (Wildman–Crippen LogP) is 1.79. The van der Waals surface area contributed by atoms with Gasteiger partial charge < -0.3 is 5.11 Å². The third kappa shape index (κ3) is 3.82. The molecule has 1 rings (SSSR count). The van der Waals surface area contributed by atoms with Crippen LogP contribution in [0.2, 0.25) is 0 Å². The summed E-state index contributed by atoms with van der Waals surface area (Å²) < 4.78 is 0. The normalized spacial score (nSPS) is 12.9. The van der Waals surface area contributed by atoms with Crippen molar-refractivity contribution in [3.63, 3.8) is 0 Å². The molecule has 1 atom stereocenters. The van der Waals surface area contributed by atoms with Gasteiger partial charge in [0.25, 0.3) is 0 Å². The number of hydrogen-bond donors (Lipinski definition) is 1. The van der Waals surface area contributed by atoms with E-state index >= 15 is 0 Å². The van der Waals surface area contributed by atoms with Crippen LogP contribution in [0.5, 0.6) is 0 Å². The maximum absolute atomic E-state index is 9.25. The lowest BCUT2D eigenvalue weighted by Gasteiger charge is -2.05. The average Bonchev–Trinajstić information content (AvgIpc) is 2.12. The number of aryl methyl sites for hydroxylation is 2. The van der Waals surface area contributed by atoms with Crippen LogP contribution in [0.25, 0.3) is 0 Å². The molecule has 78 valence electrons. The second kappa shape index (κ2) is 5.53. The van der Waals surface area contributed by atoms with Crippen LogP contribution < -0.4 is 0 Å². The molecule has 0 aliphatic heterocycles. The lowest BCUT2D eigenvalue weighted by atomic mass is 10.4. The Morgan fingerprint density at radius 2 is 2.00 bits per heavy atom. The quantitative estimate of drug-likeness (QED) is 0.489. The number of thioether (sulfide) groups is 1. The van der Waals surface area contributed by atoms with Gasteiger partial charge in [0.15, 0.2) is 5.16 Å². The van der Waals surface area contributed by atoms with Crippen molar-refractivity contribution in [2.24, 2.45) is 0 Å². The van der Waals surface area contributed by atoms with Crippen LogP contribution in [-0.4, -0.2) is 32.8 Å². The average molecular weight is 233 g/mol. The molecular formula is C9H13ClN2OS. The third-order valence-electron chi connectivity index (χ3n) is 1.54. The Morgan fingerprint density at radius 1 is 1.43 bits per heavy atom. The molecule has 14 heavy (non-hydrogen) atoms. The van der Waals surface area contributed by atoms with E-state index in [4.69, 9.17) is 11.6 Å². The van der Waals surface area contributed by atoms with E-state index in [2.05, 4.69) is 9.97 Å². The summed E-state index contributed by atoms with van der Waals surface area (Å²) >= 11 is 6.90. The van der Waals surface area contributed by atoms with Crippen LogP contribution in [0.1, 0.15) is 11.4 Å². The van der Waals surface area contributed by atoms with Gasteiger partial charge in [0, 0.05) is 23.0 Å². The molecule has 0 radical (unpaired) electrons. The fourth-order valence-corrected chi connectivity index (χ4v) is 2.09. The zero-order valence-electron chi connectivity index (χ0n) is 8.20. The highest BCUT2D eigenvalue weighted by atomic mass is 35.5. The highest BCUT2D eigenvalue weighted by Crippen LogP contribution is 2.15. The molecule has 1 aromatic heterocycles. The minimum Gasteiger partial charge on any atom is -0.391 e. The molecule has 1 aromatic rings. The highest BCUT2D eigenvalue weighted by molar-refractivity contribution is 7.99. The van der Waals surface area contributed by atoms with Crippen molar-refractivity contribution in [2.75, 3.05) is 11.6 Å². The molecule has 0 bridgehead atoms. The number of alkyl halides is 1. The lowest BCUT2D eigenvalue weighted by molar-refractivity contribution is 0.223. The standard InChI is InChI=1S/C9H13ClN2OS/c1-6-3-7(2)12-9(11-6)14-5-8(13)4-10/h3,8,13H,4-5H2,1-2H3. The molecule has 0 aromatic carbocycles. The largest absolute Gasteiger partial charge is 0.391 e.